The minimum atomic E-state index is -3.53. The van der Waals surface area contributed by atoms with E-state index >= 15 is 0 Å². The van der Waals surface area contributed by atoms with Crippen LogP contribution in [0.2, 0.25) is 0 Å². The fourth-order valence-corrected chi connectivity index (χ4v) is 2.22. The number of rotatable bonds is 2. The van der Waals surface area contributed by atoms with Gasteiger partial charge in [-0.3, -0.25) is 4.90 Å². The lowest BCUT2D eigenvalue weighted by Gasteiger charge is -2.27. The van der Waals surface area contributed by atoms with Crippen molar-refractivity contribution in [1.29, 1.82) is 0 Å². The summed E-state index contributed by atoms with van der Waals surface area (Å²) in [4.78, 5) is 2.27. The number of benzene rings is 1. The molecule has 0 radical (unpaired) electrons. The van der Waals surface area contributed by atoms with Crippen LogP contribution in [0.3, 0.4) is 0 Å². The van der Waals surface area contributed by atoms with Crippen molar-refractivity contribution in [2.45, 2.75) is 12.8 Å². The van der Waals surface area contributed by atoms with Crippen molar-refractivity contribution < 1.29 is 18.3 Å². The minimum Gasteiger partial charge on any atom is -0.395 e. The molecule has 0 amide bonds. The number of hydrogen-bond acceptors (Lipinski definition) is 4. The number of halogens is 4. The summed E-state index contributed by atoms with van der Waals surface area (Å²) in [6.45, 7) is 4.59. The SMILES string of the molecule is Cl.Cl.FC1(F)Oc2ccc(CN3CCNCC3)cc2O1. The zero-order valence-electron chi connectivity index (χ0n) is 10.6. The lowest BCUT2D eigenvalue weighted by Crippen LogP contribution is -2.42. The van der Waals surface area contributed by atoms with Crippen LogP contribution in [-0.2, 0) is 6.54 Å². The van der Waals surface area contributed by atoms with Gasteiger partial charge in [-0.1, -0.05) is 6.07 Å². The molecule has 2 aliphatic heterocycles. The Morgan fingerprint density at radius 1 is 1.10 bits per heavy atom. The van der Waals surface area contributed by atoms with Gasteiger partial charge >= 0.3 is 6.29 Å². The molecule has 2 heterocycles. The maximum atomic E-state index is 12.9. The van der Waals surface area contributed by atoms with Crippen LogP contribution in [0, 0.1) is 0 Å². The summed E-state index contributed by atoms with van der Waals surface area (Å²) < 4.78 is 34.5. The molecule has 1 N–H and O–H groups in total. The number of nitrogens with zero attached hydrogens (tertiary/aromatic N) is 1. The van der Waals surface area contributed by atoms with Crippen LogP contribution in [-0.4, -0.2) is 37.4 Å². The monoisotopic (exact) mass is 328 g/mol. The Labute approximate surface area is 128 Å². The molecule has 2 aliphatic rings. The highest BCUT2D eigenvalue weighted by atomic mass is 35.5. The van der Waals surface area contributed by atoms with E-state index in [-0.39, 0.29) is 36.3 Å². The molecule has 0 saturated carbocycles. The van der Waals surface area contributed by atoms with Gasteiger partial charge in [-0.2, -0.15) is 0 Å². The van der Waals surface area contributed by atoms with Crippen molar-refractivity contribution in [1.82, 2.24) is 10.2 Å². The molecule has 1 aromatic carbocycles. The first-order valence-corrected chi connectivity index (χ1v) is 5.94. The van der Waals surface area contributed by atoms with Gasteiger partial charge in [0.1, 0.15) is 0 Å². The van der Waals surface area contributed by atoms with E-state index in [4.69, 9.17) is 0 Å². The molecule has 1 saturated heterocycles. The van der Waals surface area contributed by atoms with Gasteiger partial charge in [-0.25, -0.2) is 0 Å². The van der Waals surface area contributed by atoms with Gasteiger partial charge in [0.25, 0.3) is 0 Å². The van der Waals surface area contributed by atoms with Gasteiger partial charge < -0.3 is 14.8 Å². The van der Waals surface area contributed by atoms with Gasteiger partial charge in [-0.15, -0.1) is 33.6 Å². The van der Waals surface area contributed by atoms with Crippen molar-refractivity contribution in [3.05, 3.63) is 23.8 Å². The zero-order chi connectivity index (χ0) is 12.6. The van der Waals surface area contributed by atoms with Crippen molar-refractivity contribution in [2.75, 3.05) is 26.2 Å². The van der Waals surface area contributed by atoms with Gasteiger partial charge in [0, 0.05) is 32.7 Å². The Balaban J connectivity index is 0.000001000. The lowest BCUT2D eigenvalue weighted by atomic mass is 10.2. The van der Waals surface area contributed by atoms with Crippen LogP contribution in [0.25, 0.3) is 0 Å². The van der Waals surface area contributed by atoms with Crippen LogP contribution in [0.15, 0.2) is 18.2 Å². The topological polar surface area (TPSA) is 33.7 Å². The molecule has 0 aromatic heterocycles. The Kier molecular flexibility index (Phi) is 5.82. The predicted octanol–water partition coefficient (Wildman–Crippen LogP) is 2.26. The van der Waals surface area contributed by atoms with Crippen molar-refractivity contribution in [2.24, 2.45) is 0 Å². The molecule has 0 spiro atoms. The molecule has 114 valence electrons. The maximum Gasteiger partial charge on any atom is 0.586 e. The second-order valence-electron chi connectivity index (χ2n) is 4.47. The lowest BCUT2D eigenvalue weighted by molar-refractivity contribution is -0.286. The van der Waals surface area contributed by atoms with E-state index in [2.05, 4.69) is 19.7 Å². The molecule has 1 aromatic rings. The van der Waals surface area contributed by atoms with Gasteiger partial charge in [-0.05, 0) is 17.7 Å². The van der Waals surface area contributed by atoms with Crippen LogP contribution in [0.1, 0.15) is 5.56 Å². The molecule has 4 nitrogen and oxygen atoms in total. The first-order valence-electron chi connectivity index (χ1n) is 5.94. The second kappa shape index (κ2) is 6.76. The van der Waals surface area contributed by atoms with E-state index in [0.717, 1.165) is 38.3 Å². The Hall–Kier alpha value is -0.820. The third kappa shape index (κ3) is 3.85. The van der Waals surface area contributed by atoms with Gasteiger partial charge in [0.15, 0.2) is 11.5 Å². The van der Waals surface area contributed by atoms with Crippen LogP contribution in [0.5, 0.6) is 11.5 Å². The Morgan fingerprint density at radius 2 is 1.75 bits per heavy atom. The van der Waals surface area contributed by atoms with E-state index in [9.17, 15) is 8.78 Å². The standard InChI is InChI=1S/C12H14F2N2O2.2ClH/c13-12(14)17-10-2-1-9(7-11(10)18-12)8-16-5-3-15-4-6-16;;/h1-2,7,15H,3-6,8H2;2*1H. The molecule has 8 heteroatoms. The first kappa shape index (κ1) is 17.2. The average molecular weight is 329 g/mol. The Morgan fingerprint density at radius 3 is 2.45 bits per heavy atom. The summed E-state index contributed by atoms with van der Waals surface area (Å²) >= 11 is 0. The summed E-state index contributed by atoms with van der Waals surface area (Å²) in [6, 6.07) is 4.96. The predicted molar refractivity (Wildman–Crippen MR) is 75.3 cm³/mol. The van der Waals surface area contributed by atoms with Crippen LogP contribution >= 0.6 is 24.8 Å². The number of nitrogens with one attached hydrogen (secondary N) is 1. The molecule has 0 bridgehead atoms. The molecule has 0 aliphatic carbocycles. The van der Waals surface area contributed by atoms with E-state index < -0.39 is 6.29 Å². The molecule has 0 unspecified atom stereocenters. The molecular weight excluding hydrogens is 313 g/mol. The summed E-state index contributed by atoms with van der Waals surface area (Å²) in [5.41, 5.74) is 0.956. The van der Waals surface area contributed by atoms with E-state index in [0.29, 0.717) is 0 Å². The van der Waals surface area contributed by atoms with Crippen molar-refractivity contribution in [3.63, 3.8) is 0 Å². The maximum absolute atomic E-state index is 12.9. The fourth-order valence-electron chi connectivity index (χ4n) is 2.22. The fraction of sp³-hybridized carbons (Fsp3) is 0.500. The number of ether oxygens (including phenoxy) is 2. The second-order valence-corrected chi connectivity index (χ2v) is 4.47. The zero-order valence-corrected chi connectivity index (χ0v) is 12.2. The number of alkyl halides is 2. The number of piperazine rings is 1. The third-order valence-corrected chi connectivity index (χ3v) is 3.08. The largest absolute Gasteiger partial charge is 0.586 e. The summed E-state index contributed by atoms with van der Waals surface area (Å²) in [6.07, 6.45) is -3.53. The molecule has 20 heavy (non-hydrogen) atoms. The molecular formula is C12H16Cl2F2N2O2. The smallest absolute Gasteiger partial charge is 0.395 e. The molecule has 0 atom stereocenters. The van der Waals surface area contributed by atoms with E-state index in [1.54, 1.807) is 12.1 Å². The average Bonchev–Trinajstić information content (AvgIpc) is 2.63. The molecule has 3 rings (SSSR count). The number of hydrogen-bond donors (Lipinski definition) is 1. The van der Waals surface area contributed by atoms with E-state index in [1.165, 1.54) is 6.07 Å². The Bertz CT molecular complexity index is 457. The van der Waals surface area contributed by atoms with E-state index in [1.807, 2.05) is 0 Å². The van der Waals surface area contributed by atoms with Crippen molar-refractivity contribution in [3.8, 4) is 11.5 Å². The molecule has 1 fully saturated rings. The highest BCUT2D eigenvalue weighted by molar-refractivity contribution is 5.85. The highest BCUT2D eigenvalue weighted by Gasteiger charge is 2.43. The minimum absolute atomic E-state index is 0. The first-order chi connectivity index (χ1) is 8.62. The highest BCUT2D eigenvalue weighted by Crippen LogP contribution is 2.41. The number of fused-ring (bicyclic) bond motifs is 1. The van der Waals surface area contributed by atoms with Crippen LogP contribution in [0.4, 0.5) is 8.78 Å². The van der Waals surface area contributed by atoms with Crippen LogP contribution < -0.4 is 14.8 Å². The summed E-state index contributed by atoms with van der Waals surface area (Å²) in [7, 11) is 0. The van der Waals surface area contributed by atoms with Gasteiger partial charge in [0.2, 0.25) is 0 Å². The summed E-state index contributed by atoms with van der Waals surface area (Å²) in [5, 5.41) is 3.27. The third-order valence-electron chi connectivity index (χ3n) is 3.08. The quantitative estimate of drug-likeness (QED) is 0.902. The van der Waals surface area contributed by atoms with Gasteiger partial charge in [0.05, 0.1) is 0 Å². The van der Waals surface area contributed by atoms with Crippen molar-refractivity contribution >= 4 is 24.8 Å². The summed E-state index contributed by atoms with van der Waals surface area (Å²) in [5.74, 6) is 0.219. The normalized spacial score (nSPS) is 19.9.